The molecule has 2 amide bonds. The number of nitrogens with zero attached hydrogens (tertiary/aromatic N) is 2. The second-order valence-electron chi connectivity index (χ2n) is 7.23. The normalized spacial score (nSPS) is 11.6. The van der Waals surface area contributed by atoms with Gasteiger partial charge in [-0.15, -0.1) is 0 Å². The Morgan fingerprint density at radius 2 is 1.56 bits per heavy atom. The average molecular weight is 428 g/mol. The van der Waals surface area contributed by atoms with Crippen LogP contribution in [0.5, 0.6) is 0 Å². The second-order valence-corrected chi connectivity index (χ2v) is 7.23. The van der Waals surface area contributed by atoms with Crippen molar-refractivity contribution in [2.75, 3.05) is 5.32 Å². The smallest absolute Gasteiger partial charge is 0.276 e. The molecule has 1 atom stereocenters. The minimum absolute atomic E-state index is 0.169. The summed E-state index contributed by atoms with van der Waals surface area (Å²) in [4.78, 5) is 25.6. The molecule has 7 heteroatoms. The Hall–Kier alpha value is -4.26. The molecule has 0 bridgehead atoms. The molecule has 0 aliphatic heterocycles. The summed E-state index contributed by atoms with van der Waals surface area (Å²) < 4.78 is 14.6. The van der Waals surface area contributed by atoms with E-state index in [2.05, 4.69) is 15.7 Å². The maximum Gasteiger partial charge on any atom is 0.276 e. The Labute approximate surface area is 184 Å². The fourth-order valence-electron chi connectivity index (χ4n) is 3.26. The minimum Gasteiger partial charge on any atom is -0.345 e. The highest BCUT2D eigenvalue weighted by atomic mass is 19.1. The fraction of sp³-hybridized carbons (Fsp3) is 0.0800. The number of halogens is 1. The molecule has 32 heavy (non-hydrogen) atoms. The van der Waals surface area contributed by atoms with E-state index in [1.54, 1.807) is 48.7 Å². The Bertz CT molecular complexity index is 1240. The molecule has 3 aromatic carbocycles. The molecule has 1 aromatic heterocycles. The van der Waals surface area contributed by atoms with E-state index in [-0.39, 0.29) is 23.5 Å². The highest BCUT2D eigenvalue weighted by Gasteiger charge is 2.17. The summed E-state index contributed by atoms with van der Waals surface area (Å²) in [5.74, 6) is -1.10. The number of amides is 2. The molecule has 0 aliphatic carbocycles. The summed E-state index contributed by atoms with van der Waals surface area (Å²) in [7, 11) is 0. The van der Waals surface area contributed by atoms with Gasteiger partial charge >= 0.3 is 0 Å². The Balaban J connectivity index is 1.49. The Kier molecular flexibility index (Phi) is 6.07. The van der Waals surface area contributed by atoms with Crippen molar-refractivity contribution in [3.63, 3.8) is 0 Å². The van der Waals surface area contributed by atoms with E-state index in [0.29, 0.717) is 16.9 Å². The minimum atomic E-state index is -0.456. The van der Waals surface area contributed by atoms with Crippen LogP contribution in [-0.4, -0.2) is 21.6 Å². The zero-order valence-electron chi connectivity index (χ0n) is 17.3. The number of hydrogen-bond acceptors (Lipinski definition) is 3. The lowest BCUT2D eigenvalue weighted by Crippen LogP contribution is -2.28. The van der Waals surface area contributed by atoms with E-state index < -0.39 is 5.91 Å². The van der Waals surface area contributed by atoms with Gasteiger partial charge in [0.15, 0.2) is 5.69 Å². The summed E-state index contributed by atoms with van der Waals surface area (Å²) in [6, 6.07) is 23.6. The highest BCUT2D eigenvalue weighted by molar-refractivity contribution is 6.08. The summed E-state index contributed by atoms with van der Waals surface area (Å²) >= 11 is 0. The monoisotopic (exact) mass is 428 g/mol. The van der Waals surface area contributed by atoms with Gasteiger partial charge in [-0.25, -0.2) is 9.07 Å². The van der Waals surface area contributed by atoms with Gasteiger partial charge in [-0.1, -0.05) is 42.5 Å². The van der Waals surface area contributed by atoms with Gasteiger partial charge in [-0.2, -0.15) is 5.10 Å². The maximum absolute atomic E-state index is 13.1. The Morgan fingerprint density at radius 3 is 2.31 bits per heavy atom. The number of para-hydroxylation sites is 1. The molecule has 4 rings (SSSR count). The lowest BCUT2D eigenvalue weighted by Gasteiger charge is -2.16. The van der Waals surface area contributed by atoms with E-state index in [9.17, 15) is 14.0 Å². The van der Waals surface area contributed by atoms with Crippen LogP contribution in [0.2, 0.25) is 0 Å². The van der Waals surface area contributed by atoms with E-state index in [0.717, 1.165) is 5.56 Å². The molecule has 1 unspecified atom stereocenters. The van der Waals surface area contributed by atoms with Crippen molar-refractivity contribution in [1.82, 2.24) is 15.1 Å². The van der Waals surface area contributed by atoms with E-state index >= 15 is 0 Å². The van der Waals surface area contributed by atoms with Gasteiger partial charge in [0.2, 0.25) is 0 Å². The van der Waals surface area contributed by atoms with Crippen LogP contribution in [0.3, 0.4) is 0 Å². The molecule has 0 radical (unpaired) electrons. The third-order valence-electron chi connectivity index (χ3n) is 4.98. The standard InChI is InChI=1S/C25H21FN4O2/c1-17(18-7-3-2-4-8-18)27-24(31)21-9-5-6-10-22(21)28-25(32)23-15-16-30(29-23)20-13-11-19(26)12-14-20/h2-17H,1H3,(H,27,31)(H,28,32). The number of hydrogen-bond donors (Lipinski definition) is 2. The molecule has 0 spiro atoms. The molecule has 0 fully saturated rings. The number of aromatic nitrogens is 2. The van der Waals surface area contributed by atoms with Gasteiger partial charge in [0.1, 0.15) is 5.82 Å². The quantitative estimate of drug-likeness (QED) is 0.465. The van der Waals surface area contributed by atoms with Crippen molar-refractivity contribution in [3.8, 4) is 5.69 Å². The van der Waals surface area contributed by atoms with E-state index in [1.807, 2.05) is 37.3 Å². The first-order valence-electron chi connectivity index (χ1n) is 10.1. The van der Waals surface area contributed by atoms with Crippen molar-refractivity contribution in [2.24, 2.45) is 0 Å². The predicted molar refractivity (Wildman–Crippen MR) is 120 cm³/mol. The van der Waals surface area contributed by atoms with Crippen molar-refractivity contribution >= 4 is 17.5 Å². The lowest BCUT2D eigenvalue weighted by molar-refractivity contribution is 0.0940. The van der Waals surface area contributed by atoms with Gasteiger partial charge in [0.05, 0.1) is 23.0 Å². The largest absolute Gasteiger partial charge is 0.345 e. The van der Waals surface area contributed by atoms with Crippen LogP contribution in [-0.2, 0) is 0 Å². The topological polar surface area (TPSA) is 76.0 Å². The first kappa shape index (κ1) is 21.0. The summed E-state index contributed by atoms with van der Waals surface area (Å²) in [5.41, 5.74) is 2.50. The zero-order valence-corrected chi connectivity index (χ0v) is 17.3. The number of carbonyl (C=O) groups is 2. The average Bonchev–Trinajstić information content (AvgIpc) is 3.31. The predicted octanol–water partition coefficient (Wildman–Crippen LogP) is 4.75. The van der Waals surface area contributed by atoms with Gasteiger partial charge in [0, 0.05) is 6.20 Å². The summed E-state index contributed by atoms with van der Waals surface area (Å²) in [6.07, 6.45) is 1.61. The van der Waals surface area contributed by atoms with Crippen LogP contribution in [0.25, 0.3) is 5.69 Å². The van der Waals surface area contributed by atoms with Crippen molar-refractivity contribution < 1.29 is 14.0 Å². The maximum atomic E-state index is 13.1. The molecule has 4 aromatic rings. The van der Waals surface area contributed by atoms with E-state index in [4.69, 9.17) is 0 Å². The molecule has 0 saturated carbocycles. The summed E-state index contributed by atoms with van der Waals surface area (Å²) in [5, 5.41) is 9.96. The van der Waals surface area contributed by atoms with Gasteiger partial charge in [-0.05, 0) is 55.0 Å². The first-order chi connectivity index (χ1) is 15.5. The van der Waals surface area contributed by atoms with Crippen LogP contribution in [0.1, 0.15) is 39.4 Å². The highest BCUT2D eigenvalue weighted by Crippen LogP contribution is 2.19. The van der Waals surface area contributed by atoms with Gasteiger partial charge in [-0.3, -0.25) is 9.59 Å². The van der Waals surface area contributed by atoms with E-state index in [1.165, 1.54) is 16.8 Å². The summed E-state index contributed by atoms with van der Waals surface area (Å²) in [6.45, 7) is 1.90. The molecule has 160 valence electrons. The second kappa shape index (κ2) is 9.26. The van der Waals surface area contributed by atoms with Crippen molar-refractivity contribution in [2.45, 2.75) is 13.0 Å². The van der Waals surface area contributed by atoms with Crippen LogP contribution in [0.4, 0.5) is 10.1 Å². The molecular weight excluding hydrogens is 407 g/mol. The van der Waals surface area contributed by atoms with Crippen LogP contribution < -0.4 is 10.6 Å². The third kappa shape index (κ3) is 4.73. The molecule has 1 heterocycles. The van der Waals surface area contributed by atoms with Crippen molar-refractivity contribution in [1.29, 1.82) is 0 Å². The molecule has 2 N–H and O–H groups in total. The molecular formula is C25H21FN4O2. The fourth-order valence-corrected chi connectivity index (χ4v) is 3.26. The van der Waals surface area contributed by atoms with Crippen LogP contribution in [0.15, 0.2) is 91.1 Å². The number of anilines is 1. The van der Waals surface area contributed by atoms with Gasteiger partial charge in [0.25, 0.3) is 11.8 Å². The number of rotatable bonds is 6. The number of carbonyl (C=O) groups excluding carboxylic acids is 2. The number of benzene rings is 3. The van der Waals surface area contributed by atoms with Crippen LogP contribution >= 0.6 is 0 Å². The zero-order chi connectivity index (χ0) is 22.5. The SMILES string of the molecule is CC(NC(=O)c1ccccc1NC(=O)c1ccn(-c2ccc(F)cc2)n1)c1ccccc1. The lowest BCUT2D eigenvalue weighted by atomic mass is 10.1. The number of nitrogens with one attached hydrogen (secondary N) is 2. The molecule has 0 saturated heterocycles. The van der Waals surface area contributed by atoms with Gasteiger partial charge < -0.3 is 10.6 Å². The molecule has 0 aliphatic rings. The third-order valence-corrected chi connectivity index (χ3v) is 4.98. The first-order valence-corrected chi connectivity index (χ1v) is 10.1. The van der Waals surface area contributed by atoms with Crippen LogP contribution in [0, 0.1) is 5.82 Å². The molecule has 6 nitrogen and oxygen atoms in total. The van der Waals surface area contributed by atoms with Crippen molar-refractivity contribution in [3.05, 3.63) is 114 Å². The Morgan fingerprint density at radius 1 is 0.875 bits per heavy atom.